The first-order valence-corrected chi connectivity index (χ1v) is 10.6. The van der Waals surface area contributed by atoms with Crippen LogP contribution in [0.3, 0.4) is 0 Å². The number of hydrogen-bond acceptors (Lipinski definition) is 4. The lowest BCUT2D eigenvalue weighted by atomic mass is 9.79. The molecule has 3 aromatic rings. The Morgan fingerprint density at radius 3 is 2.21 bits per heavy atom. The predicted molar refractivity (Wildman–Crippen MR) is 121 cm³/mol. The highest BCUT2D eigenvalue weighted by Crippen LogP contribution is 2.45. The van der Waals surface area contributed by atoms with Crippen molar-refractivity contribution < 1.29 is 28.6 Å². The van der Waals surface area contributed by atoms with Gasteiger partial charge in [0, 0.05) is 12.1 Å². The van der Waals surface area contributed by atoms with Gasteiger partial charge in [0.15, 0.2) is 0 Å². The van der Waals surface area contributed by atoms with Gasteiger partial charge in [0.2, 0.25) is 5.91 Å². The molecule has 1 fully saturated rings. The quantitative estimate of drug-likeness (QED) is 0.466. The van der Waals surface area contributed by atoms with Crippen LogP contribution >= 0.6 is 0 Å². The summed E-state index contributed by atoms with van der Waals surface area (Å²) in [5, 5.41) is 9.07. The Morgan fingerprint density at radius 2 is 1.61 bits per heavy atom. The number of carbonyl (C=O) groups is 2. The van der Waals surface area contributed by atoms with E-state index >= 15 is 0 Å². The minimum atomic E-state index is -0.941. The zero-order chi connectivity index (χ0) is 23.4. The van der Waals surface area contributed by atoms with Crippen LogP contribution in [0.2, 0.25) is 0 Å². The van der Waals surface area contributed by atoms with E-state index in [0.29, 0.717) is 18.0 Å². The molecule has 1 saturated heterocycles. The highest BCUT2D eigenvalue weighted by molar-refractivity contribution is 6.03. The molecule has 1 aliphatic rings. The molecular weight excluding hydrogens is 425 g/mol. The van der Waals surface area contributed by atoms with Gasteiger partial charge in [-0.1, -0.05) is 24.3 Å². The van der Waals surface area contributed by atoms with Crippen molar-refractivity contribution in [1.82, 2.24) is 0 Å². The maximum absolute atomic E-state index is 13.4. The van der Waals surface area contributed by atoms with E-state index in [1.54, 1.807) is 24.1 Å². The van der Waals surface area contributed by atoms with Crippen molar-refractivity contribution in [2.24, 2.45) is 5.92 Å². The second-order valence-corrected chi connectivity index (χ2v) is 7.87. The van der Waals surface area contributed by atoms with Crippen molar-refractivity contribution in [2.75, 3.05) is 12.0 Å². The lowest BCUT2D eigenvalue weighted by Gasteiger charge is -2.47. The van der Waals surface area contributed by atoms with Gasteiger partial charge in [0.05, 0.1) is 19.1 Å². The summed E-state index contributed by atoms with van der Waals surface area (Å²) < 4.78 is 24.4. The molecule has 7 heteroatoms. The van der Waals surface area contributed by atoms with E-state index in [9.17, 15) is 14.0 Å². The first kappa shape index (κ1) is 22.3. The molecule has 1 aliphatic heterocycles. The van der Waals surface area contributed by atoms with Crippen LogP contribution < -0.4 is 14.4 Å². The number of carboxylic acid groups (broad SMARTS) is 1. The predicted octanol–water partition coefficient (Wildman–Crippen LogP) is 4.98. The number of methoxy groups -OCH3 is 1. The fraction of sp³-hybridized carbons (Fsp3) is 0.231. The van der Waals surface area contributed by atoms with Crippen molar-refractivity contribution in [3.8, 4) is 11.5 Å². The summed E-state index contributed by atoms with van der Waals surface area (Å²) in [4.78, 5) is 25.5. The number of ether oxygens (including phenoxy) is 2. The highest BCUT2D eigenvalue weighted by atomic mass is 19.1. The molecule has 0 saturated carbocycles. The molecule has 33 heavy (non-hydrogen) atoms. The summed E-state index contributed by atoms with van der Waals surface area (Å²) in [6, 6.07) is 20.4. The number of amides is 1. The summed E-state index contributed by atoms with van der Waals surface area (Å²) in [7, 11) is 1.62. The fourth-order valence-electron chi connectivity index (χ4n) is 4.03. The summed E-state index contributed by atoms with van der Waals surface area (Å²) in [5.41, 5.74) is 2.45. The Balaban J connectivity index is 1.49. The van der Waals surface area contributed by atoms with E-state index in [1.165, 1.54) is 12.1 Å². The Bertz CT molecular complexity index is 1110. The Labute approximate surface area is 191 Å². The largest absolute Gasteiger partial charge is 0.497 e. The van der Waals surface area contributed by atoms with Gasteiger partial charge in [-0.15, -0.1) is 0 Å². The van der Waals surface area contributed by atoms with Crippen LogP contribution in [0.15, 0.2) is 72.8 Å². The standard InChI is InChI=1S/C26H24FNO5/c1-32-21-10-2-17(3-11-21)16-33-22-12-4-18(5-13-22)25-23(14-15-24(29)30)26(31)28(25)20-8-6-19(27)7-9-20/h2-13,23,25H,14-16H2,1H3,(H,29,30). The number of β-lactam (4-membered cyclic amide) rings is 1. The topological polar surface area (TPSA) is 76.1 Å². The lowest BCUT2D eigenvalue weighted by Crippen LogP contribution is -2.55. The second-order valence-electron chi connectivity index (χ2n) is 7.87. The average Bonchev–Trinajstić information content (AvgIpc) is 2.83. The van der Waals surface area contributed by atoms with Gasteiger partial charge in [0.1, 0.15) is 23.9 Å². The maximum Gasteiger partial charge on any atom is 0.303 e. The summed E-state index contributed by atoms with van der Waals surface area (Å²) >= 11 is 0. The molecule has 170 valence electrons. The molecule has 1 amide bonds. The van der Waals surface area contributed by atoms with Gasteiger partial charge >= 0.3 is 5.97 Å². The zero-order valence-electron chi connectivity index (χ0n) is 18.1. The molecule has 3 aromatic carbocycles. The van der Waals surface area contributed by atoms with Crippen LogP contribution in [0.1, 0.15) is 30.0 Å². The van der Waals surface area contributed by atoms with Crippen LogP contribution in [0.4, 0.5) is 10.1 Å². The van der Waals surface area contributed by atoms with Crippen molar-refractivity contribution >= 4 is 17.6 Å². The summed E-state index contributed by atoms with van der Waals surface area (Å²) in [6.07, 6.45) is 0.152. The molecule has 2 atom stereocenters. The molecule has 0 radical (unpaired) electrons. The monoisotopic (exact) mass is 449 g/mol. The van der Waals surface area contributed by atoms with Gasteiger partial charge in [0.25, 0.3) is 0 Å². The van der Waals surface area contributed by atoms with Crippen molar-refractivity contribution in [1.29, 1.82) is 0 Å². The number of anilines is 1. The average molecular weight is 449 g/mol. The molecule has 1 N–H and O–H groups in total. The van der Waals surface area contributed by atoms with Crippen molar-refractivity contribution in [2.45, 2.75) is 25.5 Å². The van der Waals surface area contributed by atoms with E-state index in [0.717, 1.165) is 16.9 Å². The van der Waals surface area contributed by atoms with Crippen LogP contribution in [0.5, 0.6) is 11.5 Å². The van der Waals surface area contributed by atoms with Gasteiger partial charge in [-0.25, -0.2) is 4.39 Å². The SMILES string of the molecule is COc1ccc(COc2ccc(C3C(CCC(=O)O)C(=O)N3c3ccc(F)cc3)cc2)cc1. The van der Waals surface area contributed by atoms with E-state index in [4.69, 9.17) is 14.6 Å². The summed E-state index contributed by atoms with van der Waals surface area (Å²) in [5.74, 6) is -0.477. The van der Waals surface area contributed by atoms with Crippen molar-refractivity contribution in [3.05, 3.63) is 89.7 Å². The Hall–Kier alpha value is -3.87. The smallest absolute Gasteiger partial charge is 0.303 e. The molecule has 6 nitrogen and oxygen atoms in total. The van der Waals surface area contributed by atoms with E-state index < -0.39 is 11.9 Å². The van der Waals surface area contributed by atoms with Crippen LogP contribution in [-0.2, 0) is 16.2 Å². The zero-order valence-corrected chi connectivity index (χ0v) is 18.1. The normalized spacial score (nSPS) is 17.4. The Morgan fingerprint density at radius 1 is 0.970 bits per heavy atom. The Kier molecular flexibility index (Phi) is 6.58. The number of rotatable bonds is 9. The van der Waals surface area contributed by atoms with Gasteiger partial charge < -0.3 is 19.5 Å². The van der Waals surface area contributed by atoms with E-state index in [1.807, 2.05) is 48.5 Å². The number of hydrogen-bond donors (Lipinski definition) is 1. The van der Waals surface area contributed by atoms with Crippen LogP contribution in [0, 0.1) is 11.7 Å². The highest BCUT2D eigenvalue weighted by Gasteiger charge is 2.48. The number of carboxylic acids is 1. The third-order valence-corrected chi connectivity index (χ3v) is 5.77. The molecule has 0 spiro atoms. The first-order valence-electron chi connectivity index (χ1n) is 10.6. The lowest BCUT2D eigenvalue weighted by molar-refractivity contribution is -0.138. The molecule has 2 unspecified atom stereocenters. The number of halogens is 1. The summed E-state index contributed by atoms with van der Waals surface area (Å²) in [6.45, 7) is 0.397. The minimum absolute atomic E-state index is 0.0901. The number of benzene rings is 3. The third-order valence-electron chi connectivity index (χ3n) is 5.77. The van der Waals surface area contributed by atoms with Crippen molar-refractivity contribution in [3.63, 3.8) is 0 Å². The molecular formula is C26H24FNO5. The van der Waals surface area contributed by atoms with Gasteiger partial charge in [-0.3, -0.25) is 9.59 Å². The van der Waals surface area contributed by atoms with Crippen LogP contribution in [-0.4, -0.2) is 24.1 Å². The molecule has 4 rings (SSSR count). The molecule has 0 aliphatic carbocycles. The van der Waals surface area contributed by atoms with E-state index in [-0.39, 0.29) is 30.6 Å². The first-order chi connectivity index (χ1) is 16.0. The number of nitrogens with zero attached hydrogens (tertiary/aromatic N) is 1. The van der Waals surface area contributed by atoms with E-state index in [2.05, 4.69) is 0 Å². The van der Waals surface area contributed by atoms with Gasteiger partial charge in [-0.05, 0) is 66.1 Å². The molecule has 0 bridgehead atoms. The van der Waals surface area contributed by atoms with Gasteiger partial charge in [-0.2, -0.15) is 0 Å². The van der Waals surface area contributed by atoms with Crippen LogP contribution in [0.25, 0.3) is 0 Å². The fourth-order valence-corrected chi connectivity index (χ4v) is 4.03. The number of carbonyl (C=O) groups excluding carboxylic acids is 1. The second kappa shape index (κ2) is 9.73. The third kappa shape index (κ3) is 4.98. The molecule has 1 heterocycles. The number of aliphatic carboxylic acids is 1. The minimum Gasteiger partial charge on any atom is -0.497 e. The maximum atomic E-state index is 13.4. The molecule has 0 aromatic heterocycles.